The third kappa shape index (κ3) is 7.96. The molecular weight excluding hydrogens is 385 g/mol. The van der Waals surface area contributed by atoms with Gasteiger partial charge < -0.3 is 14.4 Å². The predicted octanol–water partition coefficient (Wildman–Crippen LogP) is 5.86. The van der Waals surface area contributed by atoms with E-state index in [0.717, 1.165) is 38.8 Å². The third-order valence-corrected chi connectivity index (χ3v) is 5.13. The summed E-state index contributed by atoms with van der Waals surface area (Å²) in [5.74, 6) is 0.511. The normalized spacial score (nSPS) is 15.4. The van der Waals surface area contributed by atoms with Crippen LogP contribution in [0.2, 0.25) is 0 Å². The first-order chi connectivity index (χ1) is 14.0. The topological polar surface area (TPSA) is 55.8 Å². The molecule has 1 fully saturated rings. The maximum Gasteiger partial charge on any atom is 0.410 e. The van der Waals surface area contributed by atoms with Crippen molar-refractivity contribution in [3.05, 3.63) is 29.6 Å². The molecule has 1 amide bonds. The van der Waals surface area contributed by atoms with Crippen molar-refractivity contribution in [1.29, 1.82) is 0 Å². The van der Waals surface area contributed by atoms with E-state index in [-0.39, 0.29) is 23.4 Å². The zero-order valence-electron chi connectivity index (χ0n) is 19.0. The Morgan fingerprint density at radius 1 is 1.20 bits per heavy atom. The standard InChI is InChI=1S/C24H36FNO4/c1-17(2)15-22(27)20-9-8-19(16-21(20)25)29-14-6-7-18-10-12-26(13-11-18)23(28)30-24(3,4)5/h8-9,16-18H,6-7,10-15H2,1-5H3. The number of carbonyl (C=O) groups excluding carboxylic acids is 2. The fourth-order valence-corrected chi connectivity index (χ4v) is 3.59. The van der Waals surface area contributed by atoms with E-state index in [0.29, 0.717) is 24.7 Å². The summed E-state index contributed by atoms with van der Waals surface area (Å²) in [6, 6.07) is 4.48. The molecule has 1 saturated heterocycles. The Labute approximate surface area is 179 Å². The monoisotopic (exact) mass is 421 g/mol. The van der Waals surface area contributed by atoms with Gasteiger partial charge in [-0.1, -0.05) is 13.8 Å². The molecule has 6 heteroatoms. The molecule has 0 aromatic heterocycles. The summed E-state index contributed by atoms with van der Waals surface area (Å²) in [7, 11) is 0. The molecule has 5 nitrogen and oxygen atoms in total. The van der Waals surface area contributed by atoms with Crippen molar-refractivity contribution in [2.24, 2.45) is 11.8 Å². The smallest absolute Gasteiger partial charge is 0.410 e. The van der Waals surface area contributed by atoms with E-state index >= 15 is 0 Å². The highest BCUT2D eigenvalue weighted by molar-refractivity contribution is 5.96. The van der Waals surface area contributed by atoms with Crippen LogP contribution in [-0.4, -0.2) is 42.1 Å². The highest BCUT2D eigenvalue weighted by Gasteiger charge is 2.26. The van der Waals surface area contributed by atoms with Gasteiger partial charge in [-0.15, -0.1) is 0 Å². The molecule has 2 rings (SSSR count). The van der Waals surface area contributed by atoms with Crippen LogP contribution in [0.15, 0.2) is 18.2 Å². The lowest BCUT2D eigenvalue weighted by atomic mass is 9.92. The number of halogens is 1. The van der Waals surface area contributed by atoms with Crippen LogP contribution in [0.1, 0.15) is 77.1 Å². The Kier molecular flexibility index (Phi) is 8.68. The first-order valence-electron chi connectivity index (χ1n) is 11.0. The maximum absolute atomic E-state index is 14.2. The van der Waals surface area contributed by atoms with E-state index in [9.17, 15) is 14.0 Å². The van der Waals surface area contributed by atoms with Gasteiger partial charge in [0.25, 0.3) is 0 Å². The molecule has 1 aromatic carbocycles. The average Bonchev–Trinajstić information content (AvgIpc) is 2.63. The van der Waals surface area contributed by atoms with E-state index in [1.54, 1.807) is 11.0 Å². The van der Waals surface area contributed by atoms with Gasteiger partial charge in [0.15, 0.2) is 5.78 Å². The van der Waals surface area contributed by atoms with Gasteiger partial charge in [0, 0.05) is 25.6 Å². The lowest BCUT2D eigenvalue weighted by Crippen LogP contribution is -2.41. The molecule has 0 spiro atoms. The Hall–Kier alpha value is -2.11. The summed E-state index contributed by atoms with van der Waals surface area (Å²) >= 11 is 0. The highest BCUT2D eigenvalue weighted by Crippen LogP contribution is 2.24. The van der Waals surface area contributed by atoms with Crippen molar-refractivity contribution >= 4 is 11.9 Å². The Morgan fingerprint density at radius 2 is 1.87 bits per heavy atom. The van der Waals surface area contributed by atoms with Gasteiger partial charge in [-0.25, -0.2) is 9.18 Å². The number of hydrogen-bond acceptors (Lipinski definition) is 4. The molecule has 0 N–H and O–H groups in total. The van der Waals surface area contributed by atoms with Gasteiger partial charge in [-0.05, 0) is 70.4 Å². The Morgan fingerprint density at radius 3 is 2.43 bits per heavy atom. The molecule has 1 aliphatic heterocycles. The van der Waals surface area contributed by atoms with E-state index in [2.05, 4.69) is 0 Å². The second-order valence-corrected chi connectivity index (χ2v) is 9.56. The molecule has 1 aromatic rings. The molecule has 168 valence electrons. The second-order valence-electron chi connectivity index (χ2n) is 9.56. The van der Waals surface area contributed by atoms with Crippen LogP contribution in [0.5, 0.6) is 5.75 Å². The van der Waals surface area contributed by atoms with Crippen molar-refractivity contribution in [2.45, 2.75) is 72.3 Å². The highest BCUT2D eigenvalue weighted by atomic mass is 19.1. The van der Waals surface area contributed by atoms with Crippen molar-refractivity contribution in [3.63, 3.8) is 0 Å². The number of ketones is 1. The number of likely N-dealkylation sites (tertiary alicyclic amines) is 1. The Bertz CT molecular complexity index is 718. The minimum Gasteiger partial charge on any atom is -0.493 e. The van der Waals surface area contributed by atoms with Crippen LogP contribution < -0.4 is 4.74 Å². The van der Waals surface area contributed by atoms with Crippen LogP contribution in [0.25, 0.3) is 0 Å². The van der Waals surface area contributed by atoms with Gasteiger partial charge in [-0.3, -0.25) is 4.79 Å². The van der Waals surface area contributed by atoms with E-state index in [1.165, 1.54) is 12.1 Å². The van der Waals surface area contributed by atoms with Crippen molar-refractivity contribution in [3.8, 4) is 5.75 Å². The molecule has 0 saturated carbocycles. The van der Waals surface area contributed by atoms with Crippen LogP contribution in [0, 0.1) is 17.7 Å². The number of Topliss-reactive ketones (excluding diaryl/α,β-unsaturated/α-hetero) is 1. The second kappa shape index (κ2) is 10.8. The van der Waals surface area contributed by atoms with Crippen molar-refractivity contribution in [2.75, 3.05) is 19.7 Å². The molecular formula is C24H36FNO4. The average molecular weight is 422 g/mol. The minimum absolute atomic E-state index is 0.132. The molecule has 0 unspecified atom stereocenters. The van der Waals surface area contributed by atoms with Crippen molar-refractivity contribution in [1.82, 2.24) is 4.90 Å². The number of nitrogens with zero attached hydrogens (tertiary/aromatic N) is 1. The number of piperidine rings is 1. The predicted molar refractivity (Wildman–Crippen MR) is 115 cm³/mol. The summed E-state index contributed by atoms with van der Waals surface area (Å²) in [5, 5.41) is 0. The fourth-order valence-electron chi connectivity index (χ4n) is 3.59. The lowest BCUT2D eigenvalue weighted by molar-refractivity contribution is 0.0179. The van der Waals surface area contributed by atoms with E-state index in [4.69, 9.17) is 9.47 Å². The summed E-state index contributed by atoms with van der Waals surface area (Å²) in [6.07, 6.45) is 3.90. The molecule has 0 aliphatic carbocycles. The van der Waals surface area contributed by atoms with Crippen molar-refractivity contribution < 1.29 is 23.5 Å². The summed E-state index contributed by atoms with van der Waals surface area (Å²) < 4.78 is 25.3. The van der Waals surface area contributed by atoms with E-state index < -0.39 is 11.4 Å². The zero-order chi connectivity index (χ0) is 22.3. The third-order valence-electron chi connectivity index (χ3n) is 5.13. The van der Waals surface area contributed by atoms with Gasteiger partial charge in [-0.2, -0.15) is 0 Å². The van der Waals surface area contributed by atoms with Crippen LogP contribution in [0.3, 0.4) is 0 Å². The zero-order valence-corrected chi connectivity index (χ0v) is 19.0. The molecule has 1 heterocycles. The first-order valence-corrected chi connectivity index (χ1v) is 11.0. The molecule has 30 heavy (non-hydrogen) atoms. The number of hydrogen-bond donors (Lipinski definition) is 0. The summed E-state index contributed by atoms with van der Waals surface area (Å²) in [4.78, 5) is 25.9. The summed E-state index contributed by atoms with van der Waals surface area (Å²) in [6.45, 7) is 11.4. The number of carbonyl (C=O) groups is 2. The number of benzene rings is 1. The van der Waals surface area contributed by atoms with Gasteiger partial charge in [0.1, 0.15) is 17.2 Å². The van der Waals surface area contributed by atoms with Crippen LogP contribution in [-0.2, 0) is 4.74 Å². The lowest BCUT2D eigenvalue weighted by Gasteiger charge is -2.33. The van der Waals surface area contributed by atoms with Gasteiger partial charge in [0.05, 0.1) is 12.2 Å². The minimum atomic E-state index is -0.521. The maximum atomic E-state index is 14.2. The van der Waals surface area contributed by atoms with Gasteiger partial charge >= 0.3 is 6.09 Å². The largest absolute Gasteiger partial charge is 0.493 e. The van der Waals surface area contributed by atoms with Crippen LogP contribution >= 0.6 is 0 Å². The number of amides is 1. The quantitative estimate of drug-likeness (QED) is 0.390. The molecule has 1 aliphatic rings. The number of ether oxygens (including phenoxy) is 2. The van der Waals surface area contributed by atoms with Crippen LogP contribution in [0.4, 0.5) is 9.18 Å². The summed E-state index contributed by atoms with van der Waals surface area (Å²) in [5.41, 5.74) is -0.335. The molecule has 0 radical (unpaired) electrons. The molecule has 0 atom stereocenters. The Balaban J connectivity index is 1.69. The SMILES string of the molecule is CC(C)CC(=O)c1ccc(OCCCC2CCN(C(=O)OC(C)(C)C)CC2)cc1F. The fraction of sp³-hybridized carbons (Fsp3) is 0.667. The first kappa shape index (κ1) is 24.2. The number of rotatable bonds is 8. The van der Waals surface area contributed by atoms with E-state index in [1.807, 2.05) is 34.6 Å². The van der Waals surface area contributed by atoms with Gasteiger partial charge in [0.2, 0.25) is 0 Å². The molecule has 0 bridgehead atoms.